The van der Waals surface area contributed by atoms with E-state index in [2.05, 4.69) is 10.1 Å². The first kappa shape index (κ1) is 14.4. The van der Waals surface area contributed by atoms with Crippen LogP contribution in [-0.2, 0) is 19.1 Å². The molecule has 0 saturated carbocycles. The van der Waals surface area contributed by atoms with E-state index in [4.69, 9.17) is 5.11 Å². The zero-order valence-electron chi connectivity index (χ0n) is 9.81. The molecule has 0 spiro atoms. The summed E-state index contributed by atoms with van der Waals surface area (Å²) in [5.74, 6) is -3.60. The minimum atomic E-state index is -1.05. The number of esters is 1. The highest BCUT2D eigenvalue weighted by Crippen LogP contribution is 2.11. The van der Waals surface area contributed by atoms with E-state index >= 15 is 0 Å². The second kappa shape index (κ2) is 6.09. The number of nitrogens with one attached hydrogen (secondary N) is 1. The van der Waals surface area contributed by atoms with Crippen molar-refractivity contribution in [2.45, 2.75) is 26.8 Å². The molecule has 16 heavy (non-hydrogen) atoms. The minimum Gasteiger partial charge on any atom is -0.481 e. The van der Waals surface area contributed by atoms with Crippen molar-refractivity contribution in [3.05, 3.63) is 0 Å². The summed E-state index contributed by atoms with van der Waals surface area (Å²) in [6.07, 6.45) is 0. The van der Waals surface area contributed by atoms with Crippen molar-refractivity contribution in [2.24, 2.45) is 11.8 Å². The lowest BCUT2D eigenvalue weighted by atomic mass is 9.95. The van der Waals surface area contributed by atoms with Gasteiger partial charge in [-0.3, -0.25) is 9.59 Å². The van der Waals surface area contributed by atoms with Crippen molar-refractivity contribution in [3.63, 3.8) is 0 Å². The molecular weight excluding hydrogens is 214 g/mol. The lowest BCUT2D eigenvalue weighted by Gasteiger charge is -2.18. The van der Waals surface area contributed by atoms with Gasteiger partial charge in [-0.2, -0.15) is 0 Å². The first-order chi connectivity index (χ1) is 7.31. The number of carboxylic acids is 1. The molecule has 0 fully saturated rings. The minimum absolute atomic E-state index is 0.479. The molecule has 0 rings (SSSR count). The topological polar surface area (TPSA) is 92.7 Å². The lowest BCUT2D eigenvalue weighted by Crippen LogP contribution is -2.43. The van der Waals surface area contributed by atoms with Gasteiger partial charge in [-0.15, -0.1) is 0 Å². The summed E-state index contributed by atoms with van der Waals surface area (Å²) < 4.78 is 4.43. The number of amides is 1. The van der Waals surface area contributed by atoms with Gasteiger partial charge in [-0.25, -0.2) is 4.79 Å². The molecule has 6 nitrogen and oxygen atoms in total. The van der Waals surface area contributed by atoms with E-state index < -0.39 is 35.7 Å². The normalized spacial score (nSPS) is 15.8. The van der Waals surface area contributed by atoms with Gasteiger partial charge in [0.2, 0.25) is 5.91 Å². The van der Waals surface area contributed by atoms with Gasteiger partial charge in [0, 0.05) is 5.92 Å². The zero-order valence-corrected chi connectivity index (χ0v) is 9.81. The van der Waals surface area contributed by atoms with Crippen molar-refractivity contribution in [1.29, 1.82) is 0 Å². The van der Waals surface area contributed by atoms with Crippen LogP contribution in [0.25, 0.3) is 0 Å². The standard InChI is InChI=1S/C10H17NO5/c1-5(6(2)9(13)14)8(12)11-7(3)10(15)16-4/h5-7H,1-4H3,(H,11,12)(H,13,14)/t5?,6?,7-/m0/s1. The summed E-state index contributed by atoms with van der Waals surface area (Å²) in [7, 11) is 1.22. The highest BCUT2D eigenvalue weighted by molar-refractivity contribution is 5.88. The van der Waals surface area contributed by atoms with Gasteiger partial charge >= 0.3 is 11.9 Å². The molecule has 0 saturated heterocycles. The van der Waals surface area contributed by atoms with Crippen molar-refractivity contribution in [3.8, 4) is 0 Å². The van der Waals surface area contributed by atoms with Crippen LogP contribution in [0, 0.1) is 11.8 Å². The number of rotatable bonds is 5. The highest BCUT2D eigenvalue weighted by Gasteiger charge is 2.27. The molecule has 0 aromatic heterocycles. The summed E-state index contributed by atoms with van der Waals surface area (Å²) in [6.45, 7) is 4.41. The summed E-state index contributed by atoms with van der Waals surface area (Å²) in [4.78, 5) is 33.2. The fourth-order valence-electron chi connectivity index (χ4n) is 1.02. The van der Waals surface area contributed by atoms with Crippen LogP contribution < -0.4 is 5.32 Å². The number of carbonyl (C=O) groups excluding carboxylic acids is 2. The van der Waals surface area contributed by atoms with Crippen LogP contribution in [0.4, 0.5) is 0 Å². The van der Waals surface area contributed by atoms with E-state index in [9.17, 15) is 14.4 Å². The molecule has 0 bridgehead atoms. The summed E-state index contributed by atoms with van der Waals surface area (Å²) in [6, 6.07) is -0.777. The molecule has 0 radical (unpaired) electrons. The molecular formula is C10H17NO5. The molecule has 92 valence electrons. The Balaban J connectivity index is 4.36. The third-order valence-electron chi connectivity index (χ3n) is 2.47. The Labute approximate surface area is 94.0 Å². The second-order valence-electron chi connectivity index (χ2n) is 3.67. The Kier molecular flexibility index (Phi) is 5.49. The quantitative estimate of drug-likeness (QED) is 0.651. The van der Waals surface area contributed by atoms with Gasteiger partial charge in [-0.1, -0.05) is 13.8 Å². The number of carbonyl (C=O) groups is 3. The number of carboxylic acid groups (broad SMARTS) is 1. The SMILES string of the molecule is COC(=O)[C@H](C)NC(=O)C(C)C(C)C(=O)O. The molecule has 0 aromatic rings. The fourth-order valence-corrected chi connectivity index (χ4v) is 1.02. The van der Waals surface area contributed by atoms with Crippen LogP contribution in [-0.4, -0.2) is 36.1 Å². The Bertz CT molecular complexity index is 289. The molecule has 0 aromatic carbocycles. The van der Waals surface area contributed by atoms with E-state index in [1.807, 2.05) is 0 Å². The predicted octanol–water partition coefficient (Wildman–Crippen LogP) is 0.0209. The van der Waals surface area contributed by atoms with E-state index in [0.717, 1.165) is 0 Å². The van der Waals surface area contributed by atoms with Crippen LogP contribution in [0.1, 0.15) is 20.8 Å². The number of ether oxygens (including phenoxy) is 1. The third-order valence-corrected chi connectivity index (χ3v) is 2.47. The summed E-state index contributed by atoms with van der Waals surface area (Å²) in [5, 5.41) is 11.1. The Morgan fingerprint density at radius 1 is 1.12 bits per heavy atom. The molecule has 0 aliphatic heterocycles. The van der Waals surface area contributed by atoms with E-state index in [0.29, 0.717) is 0 Å². The van der Waals surface area contributed by atoms with Crippen LogP contribution in [0.3, 0.4) is 0 Å². The van der Waals surface area contributed by atoms with Gasteiger partial charge < -0.3 is 15.2 Å². The monoisotopic (exact) mass is 231 g/mol. The fraction of sp³-hybridized carbons (Fsp3) is 0.700. The van der Waals surface area contributed by atoms with Crippen molar-refractivity contribution < 1.29 is 24.2 Å². The zero-order chi connectivity index (χ0) is 12.9. The summed E-state index contributed by atoms with van der Waals surface area (Å²) in [5.41, 5.74) is 0. The van der Waals surface area contributed by atoms with Crippen molar-refractivity contribution in [1.82, 2.24) is 5.32 Å². The average Bonchev–Trinajstić information content (AvgIpc) is 2.25. The van der Waals surface area contributed by atoms with Crippen molar-refractivity contribution >= 4 is 17.8 Å². The average molecular weight is 231 g/mol. The number of aliphatic carboxylic acids is 1. The molecule has 6 heteroatoms. The lowest BCUT2D eigenvalue weighted by molar-refractivity contribution is -0.147. The number of methoxy groups -OCH3 is 1. The smallest absolute Gasteiger partial charge is 0.328 e. The molecule has 2 N–H and O–H groups in total. The van der Waals surface area contributed by atoms with Gasteiger partial charge in [0.15, 0.2) is 0 Å². The van der Waals surface area contributed by atoms with Gasteiger partial charge in [0.1, 0.15) is 6.04 Å². The van der Waals surface area contributed by atoms with Crippen LogP contribution in [0.15, 0.2) is 0 Å². The Hall–Kier alpha value is -1.59. The molecule has 0 heterocycles. The maximum atomic E-state index is 11.5. The van der Waals surface area contributed by atoms with Gasteiger partial charge in [-0.05, 0) is 6.92 Å². The molecule has 0 aliphatic rings. The maximum Gasteiger partial charge on any atom is 0.328 e. The Morgan fingerprint density at radius 3 is 2.00 bits per heavy atom. The van der Waals surface area contributed by atoms with Crippen molar-refractivity contribution in [2.75, 3.05) is 7.11 Å². The molecule has 2 unspecified atom stereocenters. The van der Waals surface area contributed by atoms with Gasteiger partial charge in [0.25, 0.3) is 0 Å². The molecule has 0 aliphatic carbocycles. The largest absolute Gasteiger partial charge is 0.481 e. The predicted molar refractivity (Wildman–Crippen MR) is 55.6 cm³/mol. The molecule has 3 atom stereocenters. The first-order valence-corrected chi connectivity index (χ1v) is 4.92. The Morgan fingerprint density at radius 2 is 1.62 bits per heavy atom. The van der Waals surface area contributed by atoms with Crippen LogP contribution >= 0.6 is 0 Å². The third kappa shape index (κ3) is 3.88. The van der Waals surface area contributed by atoms with Crippen LogP contribution in [0.2, 0.25) is 0 Å². The number of hydrogen-bond donors (Lipinski definition) is 2. The van der Waals surface area contributed by atoms with E-state index in [1.54, 1.807) is 0 Å². The highest BCUT2D eigenvalue weighted by atomic mass is 16.5. The van der Waals surface area contributed by atoms with E-state index in [1.165, 1.54) is 27.9 Å². The number of hydrogen-bond acceptors (Lipinski definition) is 4. The molecule has 1 amide bonds. The second-order valence-corrected chi connectivity index (χ2v) is 3.67. The van der Waals surface area contributed by atoms with Crippen LogP contribution in [0.5, 0.6) is 0 Å². The summed E-state index contributed by atoms with van der Waals surface area (Å²) >= 11 is 0. The van der Waals surface area contributed by atoms with Gasteiger partial charge in [0.05, 0.1) is 13.0 Å². The first-order valence-electron chi connectivity index (χ1n) is 4.92. The maximum absolute atomic E-state index is 11.5. The van der Waals surface area contributed by atoms with E-state index in [-0.39, 0.29) is 0 Å².